The highest BCUT2D eigenvalue weighted by Crippen LogP contribution is 2.20. The molecule has 5 heteroatoms. The van der Waals surface area contributed by atoms with E-state index >= 15 is 0 Å². The summed E-state index contributed by atoms with van der Waals surface area (Å²) < 4.78 is 0. The molecule has 0 aliphatic carbocycles. The van der Waals surface area contributed by atoms with Crippen molar-refractivity contribution in [1.82, 2.24) is 15.3 Å². The molecule has 0 saturated carbocycles. The number of nitrogens with one attached hydrogen (secondary N) is 2. The number of carbonyl (C=O) groups is 1. The largest absolute Gasteiger partial charge is 0.349 e. The predicted octanol–water partition coefficient (Wildman–Crippen LogP) is 3.84. The Labute approximate surface area is 139 Å². The molecule has 4 nitrogen and oxygen atoms in total. The second kappa shape index (κ2) is 6.87. The number of hydrogen-bond acceptors (Lipinski definition) is 3. The van der Waals surface area contributed by atoms with Gasteiger partial charge in [-0.25, -0.2) is 4.98 Å². The maximum absolute atomic E-state index is 12.1. The van der Waals surface area contributed by atoms with Crippen molar-refractivity contribution in [1.29, 1.82) is 0 Å². The first-order valence-electron chi connectivity index (χ1n) is 7.55. The third-order valence-electron chi connectivity index (χ3n) is 3.63. The highest BCUT2D eigenvalue weighted by Gasteiger charge is 2.11. The van der Waals surface area contributed by atoms with Crippen LogP contribution in [0.4, 0.5) is 0 Å². The van der Waals surface area contributed by atoms with Crippen molar-refractivity contribution in [2.24, 2.45) is 0 Å². The average molecular weight is 325 g/mol. The van der Waals surface area contributed by atoms with E-state index in [9.17, 15) is 4.79 Å². The van der Waals surface area contributed by atoms with Crippen LogP contribution in [-0.2, 0) is 4.79 Å². The van der Waals surface area contributed by atoms with E-state index in [1.807, 2.05) is 56.3 Å². The average Bonchev–Trinajstić information content (AvgIpc) is 2.95. The molecule has 2 aromatic carbocycles. The first-order chi connectivity index (χ1) is 11.1. The maximum atomic E-state index is 12.1. The van der Waals surface area contributed by atoms with Crippen molar-refractivity contribution in [3.8, 4) is 0 Å². The molecule has 1 atom stereocenters. The quantitative estimate of drug-likeness (QED) is 0.701. The zero-order valence-corrected chi connectivity index (χ0v) is 14.0. The van der Waals surface area contributed by atoms with Crippen LogP contribution in [0.3, 0.4) is 0 Å². The molecule has 0 radical (unpaired) electrons. The van der Waals surface area contributed by atoms with Crippen LogP contribution in [-0.4, -0.2) is 21.6 Å². The highest BCUT2D eigenvalue weighted by atomic mass is 32.2. The van der Waals surface area contributed by atoms with Crippen LogP contribution in [0.1, 0.15) is 24.1 Å². The number of hydrogen-bond donors (Lipinski definition) is 2. The van der Waals surface area contributed by atoms with Gasteiger partial charge in [-0.15, -0.1) is 0 Å². The predicted molar refractivity (Wildman–Crippen MR) is 94.6 cm³/mol. The number of aryl methyl sites for hydroxylation is 1. The number of thioether (sulfide) groups is 1. The summed E-state index contributed by atoms with van der Waals surface area (Å²) in [5.74, 6) is 0.346. The van der Waals surface area contributed by atoms with E-state index in [1.54, 1.807) is 0 Å². The lowest BCUT2D eigenvalue weighted by Crippen LogP contribution is -2.28. The highest BCUT2D eigenvalue weighted by molar-refractivity contribution is 7.99. The van der Waals surface area contributed by atoms with Gasteiger partial charge in [0.2, 0.25) is 5.91 Å². The number of rotatable bonds is 5. The van der Waals surface area contributed by atoms with Gasteiger partial charge < -0.3 is 10.3 Å². The summed E-state index contributed by atoms with van der Waals surface area (Å²) in [6.07, 6.45) is 0. The number of aromatic amines is 1. The van der Waals surface area contributed by atoms with Crippen molar-refractivity contribution in [3.05, 3.63) is 59.7 Å². The van der Waals surface area contributed by atoms with Crippen LogP contribution in [0.15, 0.2) is 53.7 Å². The minimum Gasteiger partial charge on any atom is -0.349 e. The van der Waals surface area contributed by atoms with Crippen LogP contribution in [0.5, 0.6) is 0 Å². The lowest BCUT2D eigenvalue weighted by molar-refractivity contribution is -0.119. The van der Waals surface area contributed by atoms with Gasteiger partial charge in [0.1, 0.15) is 0 Å². The molecule has 23 heavy (non-hydrogen) atoms. The van der Waals surface area contributed by atoms with Gasteiger partial charge in [0.05, 0.1) is 22.8 Å². The molecule has 1 amide bonds. The fourth-order valence-electron chi connectivity index (χ4n) is 2.41. The maximum Gasteiger partial charge on any atom is 0.230 e. The Hall–Kier alpha value is -2.27. The van der Waals surface area contributed by atoms with Crippen molar-refractivity contribution in [2.45, 2.75) is 25.0 Å². The minimum absolute atomic E-state index is 0.00243. The van der Waals surface area contributed by atoms with Gasteiger partial charge in [-0.1, -0.05) is 48.2 Å². The molecular weight excluding hydrogens is 306 g/mol. The molecule has 118 valence electrons. The monoisotopic (exact) mass is 325 g/mol. The second-order valence-corrected chi connectivity index (χ2v) is 6.52. The van der Waals surface area contributed by atoms with Gasteiger partial charge >= 0.3 is 0 Å². The number of H-pyrrole nitrogens is 1. The molecule has 3 aromatic rings. The fourth-order valence-corrected chi connectivity index (χ4v) is 3.11. The smallest absolute Gasteiger partial charge is 0.230 e. The van der Waals surface area contributed by atoms with Crippen LogP contribution >= 0.6 is 11.8 Å². The molecule has 1 heterocycles. The molecule has 0 fully saturated rings. The molecule has 3 rings (SSSR count). The topological polar surface area (TPSA) is 57.8 Å². The van der Waals surface area contributed by atoms with Crippen molar-refractivity contribution in [3.63, 3.8) is 0 Å². The van der Waals surface area contributed by atoms with Crippen LogP contribution in [0.2, 0.25) is 0 Å². The first kappa shape index (κ1) is 15.6. The molecule has 1 aromatic heterocycles. The molecule has 2 N–H and O–H groups in total. The van der Waals surface area contributed by atoms with E-state index in [4.69, 9.17) is 0 Å². The third-order valence-corrected chi connectivity index (χ3v) is 4.51. The Bertz CT molecular complexity index is 814. The minimum atomic E-state index is 0.00243. The van der Waals surface area contributed by atoms with Crippen LogP contribution < -0.4 is 5.32 Å². The number of amides is 1. The van der Waals surface area contributed by atoms with Gasteiger partial charge in [-0.3, -0.25) is 4.79 Å². The van der Waals surface area contributed by atoms with E-state index in [0.717, 1.165) is 21.8 Å². The first-order valence-corrected chi connectivity index (χ1v) is 8.54. The number of carbonyl (C=O) groups excluding carboxylic acids is 1. The Morgan fingerprint density at radius 3 is 2.83 bits per heavy atom. The molecule has 0 unspecified atom stereocenters. The number of nitrogens with zero attached hydrogens (tertiary/aromatic N) is 1. The molecule has 0 spiro atoms. The lowest BCUT2D eigenvalue weighted by Gasteiger charge is -2.13. The summed E-state index contributed by atoms with van der Waals surface area (Å²) in [6.45, 7) is 4.04. The summed E-state index contributed by atoms with van der Waals surface area (Å²) in [4.78, 5) is 19.8. The summed E-state index contributed by atoms with van der Waals surface area (Å²) in [7, 11) is 0. The Balaban J connectivity index is 1.57. The van der Waals surface area contributed by atoms with Crippen molar-refractivity contribution < 1.29 is 4.79 Å². The molecular formula is C18H19N3OS. The summed E-state index contributed by atoms with van der Waals surface area (Å²) in [5.41, 5.74) is 4.22. The molecule has 0 bridgehead atoms. The Morgan fingerprint density at radius 1 is 1.26 bits per heavy atom. The summed E-state index contributed by atoms with van der Waals surface area (Å²) in [6, 6.07) is 16.0. The van der Waals surface area contributed by atoms with E-state index in [0.29, 0.717) is 5.75 Å². The number of benzene rings is 2. The zero-order chi connectivity index (χ0) is 16.2. The molecule has 0 aliphatic rings. The summed E-state index contributed by atoms with van der Waals surface area (Å²) in [5, 5.41) is 3.78. The lowest BCUT2D eigenvalue weighted by atomic mass is 10.1. The third kappa shape index (κ3) is 3.93. The fraction of sp³-hybridized carbons (Fsp3) is 0.222. The number of fused-ring (bicyclic) bond motifs is 1. The second-order valence-electron chi connectivity index (χ2n) is 5.55. The van der Waals surface area contributed by atoms with Gasteiger partial charge in [0.25, 0.3) is 0 Å². The Morgan fingerprint density at radius 2 is 2.04 bits per heavy atom. The van der Waals surface area contributed by atoms with Gasteiger partial charge in [-0.2, -0.15) is 0 Å². The van der Waals surface area contributed by atoms with E-state index in [2.05, 4.69) is 21.4 Å². The zero-order valence-electron chi connectivity index (χ0n) is 13.2. The number of imidazole rings is 1. The van der Waals surface area contributed by atoms with Crippen LogP contribution in [0.25, 0.3) is 11.0 Å². The molecule has 0 saturated heterocycles. The van der Waals surface area contributed by atoms with Gasteiger partial charge in [0, 0.05) is 0 Å². The van der Waals surface area contributed by atoms with Gasteiger partial charge in [-0.05, 0) is 37.1 Å². The van der Waals surface area contributed by atoms with Crippen LogP contribution in [0, 0.1) is 6.92 Å². The summed E-state index contributed by atoms with van der Waals surface area (Å²) >= 11 is 1.42. The number of aromatic nitrogens is 2. The molecule has 0 aliphatic heterocycles. The SMILES string of the molecule is Cc1ccc2nc(SCC(=O)N[C@H](C)c3ccccc3)[nH]c2c1. The van der Waals surface area contributed by atoms with Crippen molar-refractivity contribution in [2.75, 3.05) is 5.75 Å². The van der Waals surface area contributed by atoms with E-state index in [1.165, 1.54) is 17.3 Å². The van der Waals surface area contributed by atoms with E-state index in [-0.39, 0.29) is 11.9 Å². The van der Waals surface area contributed by atoms with Gasteiger partial charge in [0.15, 0.2) is 5.16 Å². The van der Waals surface area contributed by atoms with Crippen molar-refractivity contribution >= 4 is 28.7 Å². The Kier molecular flexibility index (Phi) is 4.67. The van der Waals surface area contributed by atoms with E-state index < -0.39 is 0 Å². The standard InChI is InChI=1S/C18H19N3OS/c1-12-8-9-15-16(10-12)21-18(20-15)23-11-17(22)19-13(2)14-6-4-3-5-7-14/h3-10,13H,11H2,1-2H3,(H,19,22)(H,20,21)/t13-/m1/s1. The normalized spacial score (nSPS) is 12.3.